The molecule has 0 saturated carbocycles. The van der Waals surface area contributed by atoms with Crippen molar-refractivity contribution in [2.45, 2.75) is 19.0 Å². The Kier molecular flexibility index (Phi) is 3.51. The molecule has 17 heavy (non-hydrogen) atoms. The highest BCUT2D eigenvalue weighted by Gasteiger charge is 2.25. The molecule has 0 aliphatic carbocycles. The number of nitrogens with zero attached hydrogens (tertiary/aromatic N) is 1. The molecule has 1 heterocycles. The molecule has 0 saturated heterocycles. The maximum absolute atomic E-state index is 11.9. The molecule has 0 radical (unpaired) electrons. The van der Waals surface area contributed by atoms with E-state index in [-0.39, 0.29) is 6.42 Å². The summed E-state index contributed by atoms with van der Waals surface area (Å²) in [5.74, 6) is 0. The average molecular weight is 260 g/mol. The van der Waals surface area contributed by atoms with E-state index in [0.29, 0.717) is 6.54 Å². The number of rotatable bonds is 4. The fourth-order valence-corrected chi connectivity index (χ4v) is 2.20. The Labute approximate surface area is 100 Å². The molecule has 0 atom stereocenters. The molecule has 92 valence electrons. The van der Waals surface area contributed by atoms with E-state index < -0.39 is 12.6 Å². The van der Waals surface area contributed by atoms with Gasteiger partial charge in [-0.1, -0.05) is 0 Å². The van der Waals surface area contributed by atoms with Crippen molar-refractivity contribution in [1.82, 2.24) is 4.98 Å². The van der Waals surface area contributed by atoms with Crippen molar-refractivity contribution < 1.29 is 13.2 Å². The van der Waals surface area contributed by atoms with Crippen molar-refractivity contribution in [2.24, 2.45) is 0 Å². The van der Waals surface area contributed by atoms with Gasteiger partial charge in [0, 0.05) is 18.7 Å². The van der Waals surface area contributed by atoms with Crippen LogP contribution in [0.5, 0.6) is 0 Å². The first-order chi connectivity index (χ1) is 8.04. The quantitative estimate of drug-likeness (QED) is 0.839. The zero-order valence-electron chi connectivity index (χ0n) is 8.92. The van der Waals surface area contributed by atoms with Gasteiger partial charge in [0.1, 0.15) is 0 Å². The van der Waals surface area contributed by atoms with Crippen LogP contribution in [0.15, 0.2) is 23.7 Å². The highest BCUT2D eigenvalue weighted by Crippen LogP contribution is 2.23. The monoisotopic (exact) mass is 260 g/mol. The highest BCUT2D eigenvalue weighted by molar-refractivity contribution is 7.16. The summed E-state index contributed by atoms with van der Waals surface area (Å²) in [6.07, 6.45) is -4.73. The maximum atomic E-state index is 11.9. The van der Waals surface area contributed by atoms with Gasteiger partial charge in [0.25, 0.3) is 0 Å². The molecule has 0 aliphatic heterocycles. The predicted molar refractivity (Wildman–Crippen MR) is 63.4 cm³/mol. The number of nitrogens with one attached hydrogen (secondary N) is 1. The molecule has 0 aliphatic rings. The van der Waals surface area contributed by atoms with Crippen molar-refractivity contribution in [1.29, 1.82) is 0 Å². The highest BCUT2D eigenvalue weighted by atomic mass is 32.1. The van der Waals surface area contributed by atoms with E-state index in [9.17, 15) is 13.2 Å². The fourth-order valence-electron chi connectivity index (χ4n) is 1.49. The number of alkyl halides is 3. The van der Waals surface area contributed by atoms with Gasteiger partial charge in [0.2, 0.25) is 0 Å². The molecule has 0 bridgehead atoms. The first-order valence-corrected chi connectivity index (χ1v) is 6.06. The number of anilines is 1. The number of thiazole rings is 1. The topological polar surface area (TPSA) is 24.9 Å². The van der Waals surface area contributed by atoms with Crippen molar-refractivity contribution in [3.05, 3.63) is 23.7 Å². The lowest BCUT2D eigenvalue weighted by molar-refractivity contribution is -0.134. The van der Waals surface area contributed by atoms with Gasteiger partial charge in [-0.25, -0.2) is 4.98 Å². The second kappa shape index (κ2) is 4.91. The van der Waals surface area contributed by atoms with Crippen LogP contribution >= 0.6 is 11.3 Å². The zero-order chi connectivity index (χ0) is 12.3. The Hall–Kier alpha value is -1.30. The minimum Gasteiger partial charge on any atom is -0.385 e. The molecule has 1 aromatic carbocycles. The minimum atomic E-state index is -4.07. The Morgan fingerprint density at radius 3 is 2.88 bits per heavy atom. The third-order valence-electron chi connectivity index (χ3n) is 2.30. The SMILES string of the molecule is FC(F)(F)CCCNc1ccc2ncsc2c1. The van der Waals surface area contributed by atoms with Crippen molar-refractivity contribution in [3.8, 4) is 0 Å². The summed E-state index contributed by atoms with van der Waals surface area (Å²) >= 11 is 1.51. The van der Waals surface area contributed by atoms with E-state index in [1.807, 2.05) is 18.2 Å². The standard InChI is InChI=1S/C11H11F3N2S/c12-11(13,14)4-1-5-15-8-2-3-9-10(6-8)17-7-16-9/h2-3,6-7,15H,1,4-5H2. The number of hydrogen-bond acceptors (Lipinski definition) is 3. The normalized spacial score (nSPS) is 11.9. The third-order valence-corrected chi connectivity index (χ3v) is 3.09. The second-order valence-corrected chi connectivity index (χ2v) is 4.57. The van der Waals surface area contributed by atoms with E-state index in [2.05, 4.69) is 10.3 Å². The van der Waals surface area contributed by atoms with Crippen molar-refractivity contribution in [2.75, 3.05) is 11.9 Å². The number of hydrogen-bond donors (Lipinski definition) is 1. The van der Waals surface area contributed by atoms with Crippen LogP contribution in [0.25, 0.3) is 10.2 Å². The number of aromatic nitrogens is 1. The summed E-state index contributed by atoms with van der Waals surface area (Å²) in [4.78, 5) is 4.13. The summed E-state index contributed by atoms with van der Waals surface area (Å²) in [5, 5.41) is 2.98. The van der Waals surface area contributed by atoms with Crippen LogP contribution in [0.4, 0.5) is 18.9 Å². The Morgan fingerprint density at radius 2 is 2.12 bits per heavy atom. The molecule has 1 aromatic heterocycles. The molecule has 0 amide bonds. The van der Waals surface area contributed by atoms with Gasteiger partial charge in [-0.2, -0.15) is 13.2 Å². The molecular weight excluding hydrogens is 249 g/mol. The molecule has 0 unspecified atom stereocenters. The van der Waals surface area contributed by atoms with Crippen LogP contribution in [0.1, 0.15) is 12.8 Å². The minimum absolute atomic E-state index is 0.0875. The van der Waals surface area contributed by atoms with Crippen LogP contribution in [-0.2, 0) is 0 Å². The van der Waals surface area contributed by atoms with Crippen molar-refractivity contribution >= 4 is 27.2 Å². The van der Waals surface area contributed by atoms with E-state index >= 15 is 0 Å². The zero-order valence-corrected chi connectivity index (χ0v) is 9.74. The van der Waals surface area contributed by atoms with Gasteiger partial charge in [-0.05, 0) is 24.6 Å². The van der Waals surface area contributed by atoms with Crippen LogP contribution in [0, 0.1) is 0 Å². The molecule has 2 rings (SSSR count). The summed E-state index contributed by atoms with van der Waals surface area (Å²) in [7, 11) is 0. The van der Waals surface area contributed by atoms with Gasteiger partial charge in [0.05, 0.1) is 15.7 Å². The lowest BCUT2D eigenvalue weighted by Gasteiger charge is -2.08. The molecule has 2 aromatic rings. The summed E-state index contributed by atoms with van der Waals surface area (Å²) in [5.41, 5.74) is 3.50. The molecule has 0 spiro atoms. The molecular formula is C11H11F3N2S. The van der Waals surface area contributed by atoms with E-state index in [4.69, 9.17) is 0 Å². The van der Waals surface area contributed by atoms with Gasteiger partial charge >= 0.3 is 6.18 Å². The van der Waals surface area contributed by atoms with E-state index in [1.54, 1.807) is 5.51 Å². The van der Waals surface area contributed by atoms with Crippen LogP contribution < -0.4 is 5.32 Å². The van der Waals surface area contributed by atoms with Gasteiger partial charge < -0.3 is 5.32 Å². The number of halogens is 3. The van der Waals surface area contributed by atoms with E-state index in [1.165, 1.54) is 11.3 Å². The Morgan fingerprint density at radius 1 is 1.29 bits per heavy atom. The fraction of sp³-hybridized carbons (Fsp3) is 0.364. The van der Waals surface area contributed by atoms with Gasteiger partial charge in [-0.3, -0.25) is 0 Å². The summed E-state index contributed by atoms with van der Waals surface area (Å²) in [6.45, 7) is 0.323. The van der Waals surface area contributed by atoms with Crippen molar-refractivity contribution in [3.63, 3.8) is 0 Å². The molecule has 2 nitrogen and oxygen atoms in total. The predicted octanol–water partition coefficient (Wildman–Crippen LogP) is 4.05. The first-order valence-electron chi connectivity index (χ1n) is 5.18. The maximum Gasteiger partial charge on any atom is 0.389 e. The largest absolute Gasteiger partial charge is 0.389 e. The van der Waals surface area contributed by atoms with Crippen LogP contribution in [-0.4, -0.2) is 17.7 Å². The Bertz CT molecular complexity index is 493. The molecule has 6 heteroatoms. The van der Waals surface area contributed by atoms with Gasteiger partial charge in [0.15, 0.2) is 0 Å². The van der Waals surface area contributed by atoms with Gasteiger partial charge in [-0.15, -0.1) is 11.3 Å². The first kappa shape index (κ1) is 12.2. The second-order valence-electron chi connectivity index (χ2n) is 3.68. The number of fused-ring (bicyclic) bond motifs is 1. The molecule has 1 N–H and O–H groups in total. The summed E-state index contributed by atoms with van der Waals surface area (Å²) < 4.78 is 36.8. The molecule has 0 fully saturated rings. The lowest BCUT2D eigenvalue weighted by atomic mass is 10.2. The lowest BCUT2D eigenvalue weighted by Crippen LogP contribution is -2.10. The number of benzene rings is 1. The Balaban J connectivity index is 1.86. The smallest absolute Gasteiger partial charge is 0.385 e. The van der Waals surface area contributed by atoms with E-state index in [0.717, 1.165) is 15.9 Å². The third kappa shape index (κ3) is 3.59. The van der Waals surface area contributed by atoms with Crippen LogP contribution in [0.3, 0.4) is 0 Å². The average Bonchev–Trinajstić information content (AvgIpc) is 2.70. The summed E-state index contributed by atoms with van der Waals surface area (Å²) in [6, 6.07) is 5.59. The van der Waals surface area contributed by atoms with Crippen LogP contribution in [0.2, 0.25) is 0 Å².